The Hall–Kier alpha value is -2.18. The summed E-state index contributed by atoms with van der Waals surface area (Å²) < 4.78 is 4.75. The number of carbonyl (C=O) groups excluding carboxylic acids is 1. The van der Waals surface area contributed by atoms with E-state index >= 15 is 0 Å². The van der Waals surface area contributed by atoms with Crippen molar-refractivity contribution in [1.29, 1.82) is 0 Å². The summed E-state index contributed by atoms with van der Waals surface area (Å²) in [5, 5.41) is 6.34. The van der Waals surface area contributed by atoms with Gasteiger partial charge in [0.2, 0.25) is 0 Å². The van der Waals surface area contributed by atoms with Gasteiger partial charge in [0.25, 0.3) is 0 Å². The standard InChI is InChI=1S/C10H14N6O2/c1-10(9(17)18-2,14-5-6-15-16-11)8-7-12-3-4-13-8/h3-4,7,14H,5-6H2,1-2H3. The zero-order chi connectivity index (χ0) is 13.4. The minimum Gasteiger partial charge on any atom is -0.467 e. The molecule has 1 rings (SSSR count). The molecule has 1 N–H and O–H groups in total. The average molecular weight is 250 g/mol. The third-order valence-electron chi connectivity index (χ3n) is 2.42. The van der Waals surface area contributed by atoms with Gasteiger partial charge in [0.15, 0.2) is 5.54 Å². The highest BCUT2D eigenvalue weighted by Gasteiger charge is 2.37. The molecule has 0 amide bonds. The molecular formula is C10H14N6O2. The molecule has 1 unspecified atom stereocenters. The van der Waals surface area contributed by atoms with Crippen molar-refractivity contribution in [3.05, 3.63) is 34.7 Å². The van der Waals surface area contributed by atoms with Crippen LogP contribution < -0.4 is 5.32 Å². The number of carbonyl (C=O) groups is 1. The molecule has 0 aliphatic rings. The molecule has 0 aliphatic carbocycles. The summed E-state index contributed by atoms with van der Waals surface area (Å²) in [4.78, 5) is 22.5. The Bertz CT molecular complexity index is 445. The Kier molecular flexibility index (Phi) is 5.04. The molecule has 0 saturated carbocycles. The van der Waals surface area contributed by atoms with Crippen molar-refractivity contribution in [3.8, 4) is 0 Å². The number of nitrogens with zero attached hydrogens (tertiary/aromatic N) is 5. The van der Waals surface area contributed by atoms with E-state index in [1.54, 1.807) is 6.92 Å². The Morgan fingerprint density at radius 1 is 1.67 bits per heavy atom. The Labute approximate surface area is 104 Å². The molecule has 1 atom stereocenters. The van der Waals surface area contributed by atoms with E-state index in [0.29, 0.717) is 12.2 Å². The van der Waals surface area contributed by atoms with Gasteiger partial charge >= 0.3 is 5.97 Å². The fraction of sp³-hybridized carbons (Fsp3) is 0.500. The number of rotatable bonds is 6. The minimum atomic E-state index is -1.12. The number of azide groups is 1. The van der Waals surface area contributed by atoms with Crippen LogP contribution in [0.3, 0.4) is 0 Å². The Morgan fingerprint density at radius 3 is 3.00 bits per heavy atom. The molecular weight excluding hydrogens is 236 g/mol. The molecule has 0 saturated heterocycles. The average Bonchev–Trinajstić information content (AvgIpc) is 2.43. The summed E-state index contributed by atoms with van der Waals surface area (Å²) in [5.74, 6) is -0.482. The molecule has 0 fully saturated rings. The van der Waals surface area contributed by atoms with Gasteiger partial charge in [-0.2, -0.15) is 0 Å². The van der Waals surface area contributed by atoms with E-state index in [4.69, 9.17) is 10.3 Å². The van der Waals surface area contributed by atoms with Gasteiger partial charge < -0.3 is 4.74 Å². The van der Waals surface area contributed by atoms with Gasteiger partial charge in [-0.25, -0.2) is 4.79 Å². The highest BCUT2D eigenvalue weighted by atomic mass is 16.5. The number of hydrogen-bond donors (Lipinski definition) is 1. The maximum atomic E-state index is 11.8. The molecule has 0 radical (unpaired) electrons. The number of ether oxygens (including phenoxy) is 1. The first-order valence-electron chi connectivity index (χ1n) is 5.26. The molecule has 96 valence electrons. The summed E-state index contributed by atoms with van der Waals surface area (Å²) in [7, 11) is 1.30. The first-order chi connectivity index (χ1) is 8.65. The summed E-state index contributed by atoms with van der Waals surface area (Å²) in [5.41, 5.74) is 7.51. The minimum absolute atomic E-state index is 0.226. The van der Waals surface area contributed by atoms with E-state index in [1.807, 2.05) is 0 Å². The number of aromatic nitrogens is 2. The van der Waals surface area contributed by atoms with Crippen LogP contribution in [0.25, 0.3) is 10.4 Å². The first-order valence-corrected chi connectivity index (χ1v) is 5.26. The fourth-order valence-corrected chi connectivity index (χ4v) is 1.43. The van der Waals surface area contributed by atoms with Crippen LogP contribution in [-0.2, 0) is 15.1 Å². The fourth-order valence-electron chi connectivity index (χ4n) is 1.43. The SMILES string of the molecule is COC(=O)C(C)(NCCN=[N+]=[N-])c1cnccn1. The molecule has 0 bridgehead atoms. The predicted octanol–water partition coefficient (Wildman–Crippen LogP) is 0.765. The second kappa shape index (κ2) is 6.53. The van der Waals surface area contributed by atoms with Crippen molar-refractivity contribution in [1.82, 2.24) is 15.3 Å². The normalized spacial score (nSPS) is 13.2. The predicted molar refractivity (Wildman–Crippen MR) is 63.4 cm³/mol. The molecule has 0 aromatic carbocycles. The van der Waals surface area contributed by atoms with Crippen LogP contribution in [0.5, 0.6) is 0 Å². The number of hydrogen-bond acceptors (Lipinski definition) is 6. The molecule has 8 nitrogen and oxygen atoms in total. The third-order valence-corrected chi connectivity index (χ3v) is 2.42. The van der Waals surface area contributed by atoms with Crippen LogP contribution in [0.15, 0.2) is 23.7 Å². The summed E-state index contributed by atoms with van der Waals surface area (Å²) >= 11 is 0. The Balaban J connectivity index is 2.89. The number of methoxy groups -OCH3 is 1. The van der Waals surface area contributed by atoms with E-state index in [0.717, 1.165) is 0 Å². The van der Waals surface area contributed by atoms with Crippen molar-refractivity contribution in [2.45, 2.75) is 12.5 Å². The second-order valence-corrected chi connectivity index (χ2v) is 3.59. The zero-order valence-electron chi connectivity index (χ0n) is 10.2. The maximum absolute atomic E-state index is 11.8. The van der Waals surface area contributed by atoms with E-state index in [1.165, 1.54) is 25.7 Å². The van der Waals surface area contributed by atoms with Crippen LogP contribution in [0.2, 0.25) is 0 Å². The van der Waals surface area contributed by atoms with E-state index in [2.05, 4.69) is 25.3 Å². The summed E-state index contributed by atoms with van der Waals surface area (Å²) in [6, 6.07) is 0. The topological polar surface area (TPSA) is 113 Å². The first kappa shape index (κ1) is 13.9. The summed E-state index contributed by atoms with van der Waals surface area (Å²) in [6.07, 6.45) is 4.49. The van der Waals surface area contributed by atoms with Gasteiger partial charge in [0.05, 0.1) is 19.0 Å². The Morgan fingerprint density at radius 2 is 2.44 bits per heavy atom. The molecule has 0 spiro atoms. The van der Waals surface area contributed by atoms with Crippen molar-refractivity contribution >= 4 is 5.97 Å². The number of nitrogens with one attached hydrogen (secondary N) is 1. The maximum Gasteiger partial charge on any atom is 0.332 e. The quantitative estimate of drug-likeness (QED) is 0.263. The van der Waals surface area contributed by atoms with E-state index in [9.17, 15) is 4.79 Å². The van der Waals surface area contributed by atoms with Gasteiger partial charge in [-0.3, -0.25) is 15.3 Å². The van der Waals surface area contributed by atoms with Gasteiger partial charge in [0, 0.05) is 30.4 Å². The number of esters is 1. The highest BCUT2D eigenvalue weighted by molar-refractivity contribution is 5.81. The molecule has 1 aromatic rings. The van der Waals surface area contributed by atoms with Crippen molar-refractivity contribution in [3.63, 3.8) is 0 Å². The molecule has 18 heavy (non-hydrogen) atoms. The lowest BCUT2D eigenvalue weighted by atomic mass is 9.98. The lowest BCUT2D eigenvalue weighted by Gasteiger charge is -2.26. The zero-order valence-corrected chi connectivity index (χ0v) is 10.2. The molecule has 8 heteroatoms. The van der Waals surface area contributed by atoms with Gasteiger partial charge in [-0.1, -0.05) is 5.11 Å². The smallest absolute Gasteiger partial charge is 0.332 e. The van der Waals surface area contributed by atoms with Gasteiger partial charge in [-0.15, -0.1) is 0 Å². The molecule has 1 aromatic heterocycles. The third kappa shape index (κ3) is 3.16. The summed E-state index contributed by atoms with van der Waals surface area (Å²) in [6.45, 7) is 2.19. The van der Waals surface area contributed by atoms with Crippen LogP contribution in [0.4, 0.5) is 0 Å². The largest absolute Gasteiger partial charge is 0.467 e. The van der Waals surface area contributed by atoms with Crippen molar-refractivity contribution in [2.24, 2.45) is 5.11 Å². The highest BCUT2D eigenvalue weighted by Crippen LogP contribution is 2.19. The van der Waals surface area contributed by atoms with E-state index < -0.39 is 11.5 Å². The molecule has 1 heterocycles. The van der Waals surface area contributed by atoms with Gasteiger partial charge in [-0.05, 0) is 12.5 Å². The van der Waals surface area contributed by atoms with E-state index in [-0.39, 0.29) is 6.54 Å². The van der Waals surface area contributed by atoms with Crippen LogP contribution >= 0.6 is 0 Å². The van der Waals surface area contributed by atoms with Crippen LogP contribution in [-0.4, -0.2) is 36.1 Å². The monoisotopic (exact) mass is 250 g/mol. The van der Waals surface area contributed by atoms with Crippen molar-refractivity contribution in [2.75, 3.05) is 20.2 Å². The van der Waals surface area contributed by atoms with Crippen LogP contribution in [0, 0.1) is 0 Å². The lowest BCUT2D eigenvalue weighted by molar-refractivity contribution is -0.148. The van der Waals surface area contributed by atoms with Crippen LogP contribution in [0.1, 0.15) is 12.6 Å². The van der Waals surface area contributed by atoms with Crippen molar-refractivity contribution < 1.29 is 9.53 Å². The van der Waals surface area contributed by atoms with Gasteiger partial charge in [0.1, 0.15) is 0 Å². The second-order valence-electron chi connectivity index (χ2n) is 3.59. The lowest BCUT2D eigenvalue weighted by Crippen LogP contribution is -2.49. The molecule has 0 aliphatic heterocycles.